The van der Waals surface area contributed by atoms with E-state index in [0.717, 1.165) is 12.8 Å². The van der Waals surface area contributed by atoms with Gasteiger partial charge in [-0.05, 0) is 31.4 Å². The maximum Gasteiger partial charge on any atom is 0.165 e. The van der Waals surface area contributed by atoms with Crippen LogP contribution >= 0.6 is 0 Å². The molecule has 0 bridgehead atoms. The molecule has 0 aromatic heterocycles. The van der Waals surface area contributed by atoms with Gasteiger partial charge in [-0.2, -0.15) is 0 Å². The lowest BCUT2D eigenvalue weighted by Gasteiger charge is -2.14. The Kier molecular flexibility index (Phi) is 5.13. The molecule has 0 aliphatic rings. The Bertz CT molecular complexity index is 388. The molecule has 0 spiro atoms. The molecule has 0 aliphatic carbocycles. The highest BCUT2D eigenvalue weighted by atomic mass is 19.1. The van der Waals surface area contributed by atoms with Crippen molar-refractivity contribution in [3.05, 3.63) is 29.6 Å². The molecular formula is C14H19FO2. The third-order valence-electron chi connectivity index (χ3n) is 2.64. The average molecular weight is 238 g/mol. The zero-order valence-electron chi connectivity index (χ0n) is 10.6. The molecule has 1 aromatic rings. The van der Waals surface area contributed by atoms with Gasteiger partial charge < -0.3 is 4.74 Å². The van der Waals surface area contributed by atoms with Gasteiger partial charge >= 0.3 is 0 Å². The van der Waals surface area contributed by atoms with Gasteiger partial charge in [-0.1, -0.05) is 26.3 Å². The zero-order valence-corrected chi connectivity index (χ0v) is 10.6. The third-order valence-corrected chi connectivity index (χ3v) is 2.64. The molecule has 1 unspecified atom stereocenters. The number of carbonyl (C=O) groups is 1. The number of hydrogen-bond donors (Lipinski definition) is 0. The maximum absolute atomic E-state index is 13.6. The summed E-state index contributed by atoms with van der Waals surface area (Å²) >= 11 is 0. The summed E-state index contributed by atoms with van der Waals surface area (Å²) < 4.78 is 19.0. The van der Waals surface area contributed by atoms with Gasteiger partial charge in [0.25, 0.3) is 0 Å². The molecule has 1 atom stereocenters. The van der Waals surface area contributed by atoms with E-state index in [1.165, 1.54) is 19.1 Å². The number of benzene rings is 1. The van der Waals surface area contributed by atoms with Crippen LogP contribution in [0, 0.1) is 11.7 Å². The van der Waals surface area contributed by atoms with E-state index >= 15 is 0 Å². The third kappa shape index (κ3) is 3.84. The standard InChI is InChI=1S/C14H19FO2/c1-4-6-10(2)9-17-14-12(11(3)16)7-5-8-13(14)15/h5,7-8,10H,4,6,9H2,1-3H3. The second-order valence-corrected chi connectivity index (χ2v) is 4.38. The van der Waals surface area contributed by atoms with E-state index in [-0.39, 0.29) is 11.5 Å². The van der Waals surface area contributed by atoms with E-state index in [1.807, 2.05) is 0 Å². The number of ketones is 1. The van der Waals surface area contributed by atoms with E-state index in [0.29, 0.717) is 18.1 Å². The van der Waals surface area contributed by atoms with Crippen LogP contribution in [0.2, 0.25) is 0 Å². The summed E-state index contributed by atoms with van der Waals surface area (Å²) in [5, 5.41) is 0. The van der Waals surface area contributed by atoms with Gasteiger partial charge in [-0.15, -0.1) is 0 Å². The summed E-state index contributed by atoms with van der Waals surface area (Å²) in [4.78, 5) is 11.3. The molecule has 2 nitrogen and oxygen atoms in total. The quantitative estimate of drug-likeness (QED) is 0.704. The number of Topliss-reactive ketones (excluding diaryl/α,β-unsaturated/α-hetero) is 1. The summed E-state index contributed by atoms with van der Waals surface area (Å²) in [5.74, 6) is -0.202. The molecule has 17 heavy (non-hydrogen) atoms. The van der Waals surface area contributed by atoms with Gasteiger partial charge in [0.05, 0.1) is 12.2 Å². The summed E-state index contributed by atoms with van der Waals surface area (Å²) in [6.07, 6.45) is 2.10. The Balaban J connectivity index is 2.79. The van der Waals surface area contributed by atoms with Crippen LogP contribution in [-0.2, 0) is 0 Å². The monoisotopic (exact) mass is 238 g/mol. The van der Waals surface area contributed by atoms with Crippen molar-refractivity contribution in [2.75, 3.05) is 6.61 Å². The van der Waals surface area contributed by atoms with Crippen LogP contribution in [0.5, 0.6) is 5.75 Å². The van der Waals surface area contributed by atoms with Crippen molar-refractivity contribution in [2.24, 2.45) is 5.92 Å². The predicted octanol–water partition coefficient (Wildman–Crippen LogP) is 3.84. The topological polar surface area (TPSA) is 26.3 Å². The fraction of sp³-hybridized carbons (Fsp3) is 0.500. The molecule has 0 radical (unpaired) electrons. The fourth-order valence-corrected chi connectivity index (χ4v) is 1.73. The van der Waals surface area contributed by atoms with Crippen molar-refractivity contribution in [1.29, 1.82) is 0 Å². The van der Waals surface area contributed by atoms with E-state index in [2.05, 4.69) is 13.8 Å². The molecule has 94 valence electrons. The van der Waals surface area contributed by atoms with Gasteiger partial charge in [-0.25, -0.2) is 4.39 Å². The largest absolute Gasteiger partial charge is 0.489 e. The fourth-order valence-electron chi connectivity index (χ4n) is 1.73. The van der Waals surface area contributed by atoms with Crippen molar-refractivity contribution >= 4 is 5.78 Å². The van der Waals surface area contributed by atoms with Crippen LogP contribution in [-0.4, -0.2) is 12.4 Å². The summed E-state index contributed by atoms with van der Waals surface area (Å²) in [6, 6.07) is 4.42. The molecule has 0 amide bonds. The number of ether oxygens (including phenoxy) is 1. The average Bonchev–Trinajstić information content (AvgIpc) is 2.27. The molecule has 3 heteroatoms. The van der Waals surface area contributed by atoms with Crippen molar-refractivity contribution in [3.8, 4) is 5.75 Å². The van der Waals surface area contributed by atoms with Gasteiger partial charge in [0.2, 0.25) is 0 Å². The highest BCUT2D eigenvalue weighted by Gasteiger charge is 2.14. The molecule has 0 heterocycles. The molecule has 0 saturated heterocycles. The Morgan fingerprint density at radius 2 is 2.18 bits per heavy atom. The molecule has 1 aromatic carbocycles. The second-order valence-electron chi connectivity index (χ2n) is 4.38. The van der Waals surface area contributed by atoms with E-state index < -0.39 is 5.82 Å². The zero-order chi connectivity index (χ0) is 12.8. The summed E-state index contributed by atoms with van der Waals surface area (Å²) in [7, 11) is 0. The number of carbonyl (C=O) groups excluding carboxylic acids is 1. The van der Waals surface area contributed by atoms with Gasteiger partial charge in [0, 0.05) is 0 Å². The first-order valence-electron chi connectivity index (χ1n) is 5.98. The van der Waals surface area contributed by atoms with Crippen LogP contribution in [0.1, 0.15) is 44.0 Å². The molecular weight excluding hydrogens is 219 g/mol. The summed E-state index contributed by atoms with van der Waals surface area (Å²) in [6.45, 7) is 6.00. The number of para-hydroxylation sites is 1. The van der Waals surface area contributed by atoms with Crippen molar-refractivity contribution < 1.29 is 13.9 Å². The number of rotatable bonds is 6. The Hall–Kier alpha value is -1.38. The highest BCUT2D eigenvalue weighted by molar-refractivity contribution is 5.96. The first-order chi connectivity index (χ1) is 8.06. The lowest BCUT2D eigenvalue weighted by atomic mass is 10.1. The highest BCUT2D eigenvalue weighted by Crippen LogP contribution is 2.24. The van der Waals surface area contributed by atoms with E-state index in [1.54, 1.807) is 6.07 Å². The Morgan fingerprint density at radius 3 is 2.76 bits per heavy atom. The first-order valence-corrected chi connectivity index (χ1v) is 5.98. The minimum Gasteiger partial charge on any atom is -0.489 e. The Morgan fingerprint density at radius 1 is 1.47 bits per heavy atom. The molecule has 0 aliphatic heterocycles. The van der Waals surface area contributed by atoms with Gasteiger partial charge in [0.1, 0.15) is 0 Å². The van der Waals surface area contributed by atoms with Gasteiger partial charge in [0.15, 0.2) is 17.3 Å². The van der Waals surface area contributed by atoms with Gasteiger partial charge in [-0.3, -0.25) is 4.79 Å². The number of halogens is 1. The predicted molar refractivity (Wildman–Crippen MR) is 66.0 cm³/mol. The normalized spacial score (nSPS) is 12.2. The second kappa shape index (κ2) is 6.38. The van der Waals surface area contributed by atoms with E-state index in [4.69, 9.17) is 4.74 Å². The molecule has 1 rings (SSSR count). The van der Waals surface area contributed by atoms with Crippen molar-refractivity contribution in [3.63, 3.8) is 0 Å². The molecule has 0 saturated carbocycles. The van der Waals surface area contributed by atoms with E-state index in [9.17, 15) is 9.18 Å². The van der Waals surface area contributed by atoms with Crippen molar-refractivity contribution in [1.82, 2.24) is 0 Å². The van der Waals surface area contributed by atoms with Crippen LogP contribution in [0.4, 0.5) is 4.39 Å². The molecule has 0 fully saturated rings. The van der Waals surface area contributed by atoms with Crippen LogP contribution in [0.3, 0.4) is 0 Å². The molecule has 0 N–H and O–H groups in total. The minimum absolute atomic E-state index is 0.0861. The summed E-state index contributed by atoms with van der Waals surface area (Å²) in [5.41, 5.74) is 0.314. The van der Waals surface area contributed by atoms with Crippen molar-refractivity contribution in [2.45, 2.75) is 33.6 Å². The lowest BCUT2D eigenvalue weighted by Crippen LogP contribution is -2.11. The minimum atomic E-state index is -0.471. The first kappa shape index (κ1) is 13.7. The smallest absolute Gasteiger partial charge is 0.165 e. The van der Waals surface area contributed by atoms with Crippen LogP contribution in [0.25, 0.3) is 0 Å². The van der Waals surface area contributed by atoms with Crippen LogP contribution in [0.15, 0.2) is 18.2 Å². The maximum atomic E-state index is 13.6. The SMILES string of the molecule is CCCC(C)COc1c(F)cccc1C(C)=O. The number of hydrogen-bond acceptors (Lipinski definition) is 2. The van der Waals surface area contributed by atoms with Crippen LogP contribution < -0.4 is 4.74 Å². The Labute approximate surface area is 102 Å². The lowest BCUT2D eigenvalue weighted by molar-refractivity contribution is 0.101.